The number of aromatic carboxylic acids is 2. The summed E-state index contributed by atoms with van der Waals surface area (Å²) in [6.07, 6.45) is 10.2. The van der Waals surface area contributed by atoms with Gasteiger partial charge in [0.2, 0.25) is 0 Å². The Hall–Kier alpha value is -7.17. The molecule has 0 unspecified atom stereocenters. The number of hydrogen-bond donors (Lipinski definition) is 4. The van der Waals surface area contributed by atoms with E-state index < -0.39 is 29.6 Å². The lowest BCUT2D eigenvalue weighted by Crippen LogP contribution is -2.18. The van der Waals surface area contributed by atoms with Crippen molar-refractivity contribution in [1.82, 2.24) is 39.5 Å². The van der Waals surface area contributed by atoms with Crippen molar-refractivity contribution in [3.05, 3.63) is 131 Å². The average molecular weight is 677 g/mol. The van der Waals surface area contributed by atoms with Crippen LogP contribution < -0.4 is 10.6 Å². The van der Waals surface area contributed by atoms with Gasteiger partial charge in [-0.05, 0) is 78.9 Å². The van der Waals surface area contributed by atoms with E-state index in [1.807, 2.05) is 0 Å². The van der Waals surface area contributed by atoms with Crippen LogP contribution in [0.5, 0.6) is 0 Å². The second-order valence-corrected chi connectivity index (χ2v) is 10.7. The Balaban J connectivity index is 1.11. The summed E-state index contributed by atoms with van der Waals surface area (Å²) in [6, 6.07) is 12.4. The van der Waals surface area contributed by atoms with Crippen LogP contribution >= 0.6 is 0 Å². The highest BCUT2D eigenvalue weighted by molar-refractivity contribution is 6.07. The topological polar surface area (TPSA) is 220 Å². The van der Waals surface area contributed by atoms with Crippen molar-refractivity contribution >= 4 is 35.1 Å². The summed E-state index contributed by atoms with van der Waals surface area (Å²) in [5.74, 6) is -4.00. The number of aromatic nitrogens is 8. The van der Waals surface area contributed by atoms with E-state index in [2.05, 4.69) is 41.0 Å². The van der Waals surface area contributed by atoms with E-state index in [1.165, 1.54) is 43.0 Å². The van der Waals surface area contributed by atoms with E-state index in [0.717, 1.165) is 12.1 Å². The number of amides is 2. The summed E-state index contributed by atoms with van der Waals surface area (Å²) in [6.45, 7) is 0. The van der Waals surface area contributed by atoms with Gasteiger partial charge in [-0.3, -0.25) is 18.7 Å². The van der Waals surface area contributed by atoms with Gasteiger partial charge in [0.1, 0.15) is 18.5 Å². The van der Waals surface area contributed by atoms with Gasteiger partial charge in [-0.25, -0.2) is 23.9 Å². The largest absolute Gasteiger partial charge is 0.478 e. The van der Waals surface area contributed by atoms with Gasteiger partial charge >= 0.3 is 11.9 Å². The highest BCUT2D eigenvalue weighted by atomic mass is 19.1. The number of imidazole rings is 2. The summed E-state index contributed by atoms with van der Waals surface area (Å²) >= 11 is 0. The molecule has 0 saturated carbocycles. The predicted molar refractivity (Wildman–Crippen MR) is 173 cm³/mol. The van der Waals surface area contributed by atoms with Crippen LogP contribution in [-0.2, 0) is 12.8 Å². The molecule has 6 rings (SSSR count). The first-order valence-electron chi connectivity index (χ1n) is 14.8. The number of anilines is 2. The molecule has 4 aromatic heterocycles. The van der Waals surface area contributed by atoms with Crippen LogP contribution in [0, 0.1) is 5.82 Å². The lowest BCUT2D eigenvalue weighted by atomic mass is 9.99. The van der Waals surface area contributed by atoms with Gasteiger partial charge in [-0.15, -0.1) is 20.4 Å². The lowest BCUT2D eigenvalue weighted by molar-refractivity contribution is 0.0686. The molecule has 0 fully saturated rings. The number of aryl methyl sites for hydroxylation is 2. The normalized spacial score (nSPS) is 10.8. The standard InChI is InChI=1S/C33H25FN10O6/c34-23-16-27(38-31(46)25-7-9-29(42-40-25)44-13-11-36-18-44)22(33(49)50)15-20(23)3-1-2-19-4-5-21(32(47)48)26(14-19)37-30(45)24-6-8-28(41-39-24)43-12-10-35-17-43/h4-18H,1-3H2,(H,37,45)(H,38,46)(H,47,48)(H,49,50). The van der Waals surface area contributed by atoms with Gasteiger partial charge in [-0.1, -0.05) is 6.07 Å². The SMILES string of the molecule is O=C(Nc1cc(CCCc2cc(C(=O)O)c(NC(=O)c3ccc(-n4ccnc4)nn3)cc2F)ccc1C(=O)O)c1ccc(-n2ccnc2)nn1. The minimum absolute atomic E-state index is 0.0287. The number of nitrogens with zero attached hydrogens (tertiary/aromatic N) is 8. The third kappa shape index (κ3) is 7.36. The third-order valence-corrected chi connectivity index (χ3v) is 7.44. The van der Waals surface area contributed by atoms with Gasteiger partial charge in [0, 0.05) is 24.8 Å². The van der Waals surface area contributed by atoms with Gasteiger partial charge in [-0.2, -0.15) is 0 Å². The first kappa shape index (κ1) is 32.8. The number of rotatable bonds is 12. The quantitative estimate of drug-likeness (QED) is 0.145. The van der Waals surface area contributed by atoms with Crippen molar-refractivity contribution in [2.24, 2.45) is 0 Å². The molecule has 0 aliphatic rings. The van der Waals surface area contributed by atoms with Gasteiger partial charge in [0.05, 0.1) is 22.5 Å². The van der Waals surface area contributed by atoms with Gasteiger partial charge in [0.15, 0.2) is 23.0 Å². The fourth-order valence-corrected chi connectivity index (χ4v) is 4.94. The Bertz CT molecular complexity index is 2190. The molecule has 0 aliphatic carbocycles. The number of carbonyl (C=O) groups is 4. The number of carboxylic acids is 2. The van der Waals surface area contributed by atoms with E-state index in [-0.39, 0.29) is 45.9 Å². The zero-order valence-electron chi connectivity index (χ0n) is 25.8. The van der Waals surface area contributed by atoms with Crippen molar-refractivity contribution in [1.29, 1.82) is 0 Å². The zero-order valence-corrected chi connectivity index (χ0v) is 25.8. The molecule has 0 aliphatic heterocycles. The molecule has 2 aromatic carbocycles. The Morgan fingerprint density at radius 3 is 1.70 bits per heavy atom. The molecule has 50 heavy (non-hydrogen) atoms. The number of hydrogen-bond acceptors (Lipinski definition) is 10. The minimum Gasteiger partial charge on any atom is -0.478 e. The summed E-state index contributed by atoms with van der Waals surface area (Å²) in [5, 5.41) is 40.2. The van der Waals surface area contributed by atoms with E-state index in [4.69, 9.17) is 0 Å². The zero-order chi connectivity index (χ0) is 35.2. The second-order valence-electron chi connectivity index (χ2n) is 10.7. The summed E-state index contributed by atoms with van der Waals surface area (Å²) in [4.78, 5) is 57.5. The number of carboxylic acid groups (broad SMARTS) is 2. The molecular weight excluding hydrogens is 651 g/mol. The van der Waals surface area contributed by atoms with Gasteiger partial charge in [0.25, 0.3) is 11.8 Å². The van der Waals surface area contributed by atoms with Crippen LogP contribution in [0.15, 0.2) is 92.0 Å². The van der Waals surface area contributed by atoms with Crippen molar-refractivity contribution < 1.29 is 33.8 Å². The van der Waals surface area contributed by atoms with Crippen molar-refractivity contribution in [2.45, 2.75) is 19.3 Å². The van der Waals surface area contributed by atoms with E-state index in [0.29, 0.717) is 30.0 Å². The van der Waals surface area contributed by atoms with Crippen molar-refractivity contribution in [3.63, 3.8) is 0 Å². The molecule has 16 nitrogen and oxygen atoms in total. The van der Waals surface area contributed by atoms with Crippen molar-refractivity contribution in [2.75, 3.05) is 10.6 Å². The Kier molecular flexibility index (Phi) is 9.37. The number of nitrogens with one attached hydrogen (secondary N) is 2. The van der Waals surface area contributed by atoms with E-state index in [9.17, 15) is 29.4 Å². The van der Waals surface area contributed by atoms with E-state index >= 15 is 4.39 Å². The van der Waals surface area contributed by atoms with Crippen LogP contribution in [0.2, 0.25) is 0 Å². The maximum absolute atomic E-state index is 15.2. The molecule has 4 heterocycles. The highest BCUT2D eigenvalue weighted by Crippen LogP contribution is 2.25. The summed E-state index contributed by atoms with van der Waals surface area (Å²) in [5.41, 5.74) is -0.134. The molecule has 6 aromatic rings. The molecule has 0 radical (unpaired) electrons. The first-order chi connectivity index (χ1) is 24.2. The molecular formula is C33H25FN10O6. The second kappa shape index (κ2) is 14.3. The molecule has 0 spiro atoms. The Morgan fingerprint density at radius 1 is 0.660 bits per heavy atom. The van der Waals surface area contributed by atoms with Crippen LogP contribution in [0.25, 0.3) is 11.6 Å². The first-order valence-corrected chi connectivity index (χ1v) is 14.8. The molecule has 250 valence electrons. The van der Waals surface area contributed by atoms with Crippen LogP contribution in [-0.4, -0.2) is 73.5 Å². The number of halogens is 1. The minimum atomic E-state index is -1.38. The molecule has 17 heteroatoms. The van der Waals surface area contributed by atoms with Crippen molar-refractivity contribution in [3.8, 4) is 11.6 Å². The lowest BCUT2D eigenvalue weighted by Gasteiger charge is -2.13. The average Bonchev–Trinajstić information content (AvgIpc) is 3.85. The molecule has 2 amide bonds. The molecule has 0 saturated heterocycles. The van der Waals surface area contributed by atoms with E-state index in [1.54, 1.807) is 46.1 Å². The van der Waals surface area contributed by atoms with Crippen LogP contribution in [0.4, 0.5) is 15.8 Å². The third-order valence-electron chi connectivity index (χ3n) is 7.44. The fourth-order valence-electron chi connectivity index (χ4n) is 4.94. The van der Waals surface area contributed by atoms with Gasteiger partial charge < -0.3 is 20.8 Å². The highest BCUT2D eigenvalue weighted by Gasteiger charge is 2.20. The van der Waals surface area contributed by atoms with Crippen LogP contribution in [0.1, 0.15) is 59.2 Å². The predicted octanol–water partition coefficient (Wildman–Crippen LogP) is 3.85. The summed E-state index contributed by atoms with van der Waals surface area (Å²) in [7, 11) is 0. The number of carbonyl (C=O) groups excluding carboxylic acids is 2. The molecule has 4 N–H and O–H groups in total. The molecule has 0 atom stereocenters. The maximum atomic E-state index is 15.2. The smallest absolute Gasteiger partial charge is 0.337 e. The number of benzene rings is 2. The summed E-state index contributed by atoms with van der Waals surface area (Å²) < 4.78 is 18.4. The fraction of sp³-hybridized carbons (Fsp3) is 0.0909. The monoisotopic (exact) mass is 676 g/mol. The molecule has 0 bridgehead atoms. The maximum Gasteiger partial charge on any atom is 0.337 e. The Labute approximate surface area is 281 Å². The Morgan fingerprint density at radius 2 is 1.22 bits per heavy atom. The van der Waals surface area contributed by atoms with Crippen LogP contribution in [0.3, 0.4) is 0 Å².